The highest BCUT2D eigenvalue weighted by molar-refractivity contribution is 5.96. The van der Waals surface area contributed by atoms with E-state index in [0.29, 0.717) is 23.7 Å². The number of amides is 1. The molecule has 0 aliphatic rings. The van der Waals surface area contributed by atoms with Crippen LogP contribution in [0.5, 0.6) is 5.88 Å². The van der Waals surface area contributed by atoms with Gasteiger partial charge in [0.25, 0.3) is 11.5 Å². The summed E-state index contributed by atoms with van der Waals surface area (Å²) in [7, 11) is 0. The van der Waals surface area contributed by atoms with Crippen LogP contribution >= 0.6 is 0 Å². The average molecular weight is 379 g/mol. The minimum Gasteiger partial charge on any atom is -0.475 e. The van der Waals surface area contributed by atoms with Crippen molar-refractivity contribution < 1.29 is 9.53 Å². The summed E-state index contributed by atoms with van der Waals surface area (Å²) in [6, 6.07) is 12.5. The standard InChI is InChI=1S/C22H25N3O3/c1-14(2)10-15(3)28-20-11-16(8-9-23-20)13-24-22(27)19-12-17-6-4-5-7-18(17)21(26)25-19/h4-9,11-12,14-15H,10,13H2,1-3H3,(H,24,27)(H,25,26). The molecule has 0 saturated carbocycles. The molecule has 2 N–H and O–H groups in total. The summed E-state index contributed by atoms with van der Waals surface area (Å²) >= 11 is 0. The largest absolute Gasteiger partial charge is 0.475 e. The van der Waals surface area contributed by atoms with Crippen molar-refractivity contribution in [2.24, 2.45) is 5.92 Å². The van der Waals surface area contributed by atoms with E-state index in [4.69, 9.17) is 4.74 Å². The van der Waals surface area contributed by atoms with Crippen LogP contribution in [0.1, 0.15) is 43.2 Å². The summed E-state index contributed by atoms with van der Waals surface area (Å²) in [6.45, 7) is 6.63. The zero-order chi connectivity index (χ0) is 20.1. The smallest absolute Gasteiger partial charge is 0.268 e. The molecule has 6 nitrogen and oxygen atoms in total. The number of aromatic amines is 1. The second kappa shape index (κ2) is 8.69. The molecule has 1 amide bonds. The molecule has 0 radical (unpaired) electrons. The van der Waals surface area contributed by atoms with Gasteiger partial charge in [0.15, 0.2) is 0 Å². The Balaban J connectivity index is 1.66. The molecule has 0 aliphatic heterocycles. The molecule has 3 aromatic rings. The van der Waals surface area contributed by atoms with Crippen LogP contribution in [-0.4, -0.2) is 22.0 Å². The van der Waals surface area contributed by atoms with E-state index in [1.165, 1.54) is 0 Å². The minimum atomic E-state index is -0.338. The molecule has 0 aliphatic carbocycles. The number of hydrogen-bond acceptors (Lipinski definition) is 4. The molecule has 0 bridgehead atoms. The maximum absolute atomic E-state index is 12.5. The Morgan fingerprint density at radius 3 is 2.75 bits per heavy atom. The second-order valence-electron chi connectivity index (χ2n) is 7.34. The van der Waals surface area contributed by atoms with Gasteiger partial charge in [0.2, 0.25) is 5.88 Å². The van der Waals surface area contributed by atoms with Gasteiger partial charge in [-0.25, -0.2) is 4.98 Å². The highest BCUT2D eigenvalue weighted by Crippen LogP contribution is 2.15. The first-order chi connectivity index (χ1) is 13.4. The van der Waals surface area contributed by atoms with E-state index in [2.05, 4.69) is 29.1 Å². The molecule has 0 saturated heterocycles. The van der Waals surface area contributed by atoms with Crippen LogP contribution < -0.4 is 15.6 Å². The lowest BCUT2D eigenvalue weighted by Gasteiger charge is -2.16. The number of aromatic nitrogens is 2. The molecular formula is C22H25N3O3. The van der Waals surface area contributed by atoms with Crippen LogP contribution in [0.4, 0.5) is 0 Å². The minimum absolute atomic E-state index is 0.0695. The fourth-order valence-electron chi connectivity index (χ4n) is 3.15. The Kier molecular flexibility index (Phi) is 6.09. The average Bonchev–Trinajstić information content (AvgIpc) is 2.65. The van der Waals surface area contributed by atoms with E-state index >= 15 is 0 Å². The molecule has 146 valence electrons. The Morgan fingerprint density at radius 1 is 1.18 bits per heavy atom. The second-order valence-corrected chi connectivity index (χ2v) is 7.34. The van der Waals surface area contributed by atoms with E-state index in [9.17, 15) is 9.59 Å². The highest BCUT2D eigenvalue weighted by atomic mass is 16.5. The van der Waals surface area contributed by atoms with Gasteiger partial charge in [-0.2, -0.15) is 0 Å². The monoisotopic (exact) mass is 379 g/mol. The van der Waals surface area contributed by atoms with Crippen molar-refractivity contribution >= 4 is 16.7 Å². The molecule has 0 fully saturated rings. The van der Waals surface area contributed by atoms with E-state index < -0.39 is 0 Å². The zero-order valence-corrected chi connectivity index (χ0v) is 16.4. The highest BCUT2D eigenvalue weighted by Gasteiger charge is 2.11. The molecule has 0 spiro atoms. The number of rotatable bonds is 7. The predicted molar refractivity (Wildman–Crippen MR) is 110 cm³/mol. The summed E-state index contributed by atoms with van der Waals surface area (Å²) in [4.78, 5) is 31.5. The third-order valence-corrected chi connectivity index (χ3v) is 4.38. The van der Waals surface area contributed by atoms with Crippen LogP contribution in [-0.2, 0) is 6.54 Å². The van der Waals surface area contributed by atoms with Gasteiger partial charge in [-0.15, -0.1) is 0 Å². The Hall–Kier alpha value is -3.15. The number of carbonyl (C=O) groups excluding carboxylic acids is 1. The summed E-state index contributed by atoms with van der Waals surface area (Å²) in [6.07, 6.45) is 2.68. The SMILES string of the molecule is CC(C)CC(C)Oc1cc(CNC(=O)c2cc3ccccc3c(=O)[nH]2)ccn1. The number of H-pyrrole nitrogens is 1. The molecule has 1 aromatic carbocycles. The number of ether oxygens (including phenoxy) is 1. The van der Waals surface area contributed by atoms with Gasteiger partial charge in [-0.3, -0.25) is 9.59 Å². The lowest BCUT2D eigenvalue weighted by atomic mass is 10.1. The summed E-state index contributed by atoms with van der Waals surface area (Å²) < 4.78 is 5.85. The number of pyridine rings is 2. The van der Waals surface area contributed by atoms with Crippen molar-refractivity contribution in [2.45, 2.75) is 39.8 Å². The Bertz CT molecular complexity index is 1030. The lowest BCUT2D eigenvalue weighted by molar-refractivity contribution is 0.0945. The van der Waals surface area contributed by atoms with E-state index in [1.807, 2.05) is 31.2 Å². The maximum atomic E-state index is 12.5. The number of nitrogens with one attached hydrogen (secondary N) is 2. The Labute approximate surface area is 164 Å². The number of hydrogen-bond donors (Lipinski definition) is 2. The topological polar surface area (TPSA) is 84.1 Å². The lowest BCUT2D eigenvalue weighted by Crippen LogP contribution is -2.26. The van der Waals surface area contributed by atoms with Crippen molar-refractivity contribution in [3.05, 3.63) is 70.3 Å². The van der Waals surface area contributed by atoms with Gasteiger partial charge in [-0.05, 0) is 48.4 Å². The number of carbonyl (C=O) groups is 1. The first-order valence-electron chi connectivity index (χ1n) is 9.44. The van der Waals surface area contributed by atoms with Crippen molar-refractivity contribution in [2.75, 3.05) is 0 Å². The van der Waals surface area contributed by atoms with Crippen molar-refractivity contribution in [3.63, 3.8) is 0 Å². The van der Waals surface area contributed by atoms with E-state index in [-0.39, 0.29) is 23.3 Å². The molecule has 2 heterocycles. The van der Waals surface area contributed by atoms with Crippen LogP contribution in [0, 0.1) is 5.92 Å². The van der Waals surface area contributed by atoms with Gasteiger partial charge < -0.3 is 15.0 Å². The normalized spacial score (nSPS) is 12.1. The molecule has 6 heteroatoms. The van der Waals surface area contributed by atoms with Crippen molar-refractivity contribution in [1.82, 2.24) is 15.3 Å². The van der Waals surface area contributed by atoms with Gasteiger partial charge in [0.05, 0.1) is 6.10 Å². The molecule has 3 rings (SSSR count). The van der Waals surface area contributed by atoms with Crippen LogP contribution in [0.3, 0.4) is 0 Å². The Morgan fingerprint density at radius 2 is 1.96 bits per heavy atom. The van der Waals surface area contributed by atoms with Gasteiger partial charge in [0, 0.05) is 24.2 Å². The number of benzene rings is 1. The quantitative estimate of drug-likeness (QED) is 0.656. The molecule has 1 atom stereocenters. The number of fused-ring (bicyclic) bond motifs is 1. The first-order valence-corrected chi connectivity index (χ1v) is 9.44. The van der Waals surface area contributed by atoms with Crippen LogP contribution in [0.25, 0.3) is 10.8 Å². The molecule has 28 heavy (non-hydrogen) atoms. The van der Waals surface area contributed by atoms with Crippen LogP contribution in [0.15, 0.2) is 53.5 Å². The summed E-state index contributed by atoms with van der Waals surface area (Å²) in [5, 5.41) is 4.12. The fraction of sp³-hybridized carbons (Fsp3) is 0.318. The van der Waals surface area contributed by atoms with Gasteiger partial charge in [-0.1, -0.05) is 32.0 Å². The molecule has 2 aromatic heterocycles. The van der Waals surface area contributed by atoms with Gasteiger partial charge in [0.1, 0.15) is 5.69 Å². The van der Waals surface area contributed by atoms with Gasteiger partial charge >= 0.3 is 0 Å². The first kappa shape index (κ1) is 19.6. The van der Waals surface area contributed by atoms with Crippen molar-refractivity contribution in [3.8, 4) is 5.88 Å². The van der Waals surface area contributed by atoms with E-state index in [0.717, 1.165) is 17.4 Å². The summed E-state index contributed by atoms with van der Waals surface area (Å²) in [5.74, 6) is 0.746. The third-order valence-electron chi connectivity index (χ3n) is 4.38. The fourth-order valence-corrected chi connectivity index (χ4v) is 3.15. The predicted octanol–water partition coefficient (Wildman–Crippen LogP) is 3.67. The maximum Gasteiger partial charge on any atom is 0.268 e. The third kappa shape index (κ3) is 4.97. The number of nitrogens with zero attached hydrogens (tertiary/aromatic N) is 1. The molecular weight excluding hydrogens is 354 g/mol. The molecule has 1 unspecified atom stereocenters. The zero-order valence-electron chi connectivity index (χ0n) is 16.4. The summed E-state index contributed by atoms with van der Waals surface area (Å²) in [5.41, 5.74) is 0.833. The van der Waals surface area contributed by atoms with Crippen molar-refractivity contribution in [1.29, 1.82) is 0 Å². The van der Waals surface area contributed by atoms with Crippen LogP contribution in [0.2, 0.25) is 0 Å². The van der Waals surface area contributed by atoms with E-state index in [1.54, 1.807) is 24.4 Å².